The van der Waals surface area contributed by atoms with Crippen LogP contribution in [0, 0.1) is 0 Å². The van der Waals surface area contributed by atoms with Gasteiger partial charge in [-0.05, 0) is 31.7 Å². The quantitative estimate of drug-likeness (QED) is 0.636. The highest BCUT2D eigenvalue weighted by Crippen LogP contribution is 2.18. The molecule has 1 aliphatic rings. The molecule has 2 N–H and O–H groups in total. The molecule has 1 heterocycles. The van der Waals surface area contributed by atoms with Crippen molar-refractivity contribution in [2.24, 2.45) is 0 Å². The van der Waals surface area contributed by atoms with E-state index < -0.39 is 18.2 Å². The summed E-state index contributed by atoms with van der Waals surface area (Å²) in [5.74, 6) is -0.372. The molecule has 1 fully saturated rings. The number of hydrogen-bond acceptors (Lipinski definition) is 4. The van der Waals surface area contributed by atoms with Crippen LogP contribution in [0.3, 0.4) is 0 Å². The van der Waals surface area contributed by atoms with Crippen molar-refractivity contribution in [3.63, 3.8) is 0 Å². The highest BCUT2D eigenvalue weighted by molar-refractivity contribution is 5.91. The van der Waals surface area contributed by atoms with Gasteiger partial charge in [0.05, 0.1) is 0 Å². The fourth-order valence-electron chi connectivity index (χ4n) is 3.26. The Kier molecular flexibility index (Phi) is 8.78. The first-order chi connectivity index (χ1) is 13.5. The van der Waals surface area contributed by atoms with Gasteiger partial charge in [0.15, 0.2) is 0 Å². The van der Waals surface area contributed by atoms with Gasteiger partial charge in [0.1, 0.15) is 18.7 Å². The lowest BCUT2D eigenvalue weighted by atomic mass is 10.2. The number of alkyl carbamates (subject to hydrolysis) is 1. The van der Waals surface area contributed by atoms with E-state index >= 15 is 0 Å². The number of carbonyl (C=O) groups is 3. The van der Waals surface area contributed by atoms with Crippen molar-refractivity contribution in [2.45, 2.75) is 64.6 Å². The van der Waals surface area contributed by atoms with Crippen LogP contribution in [0.2, 0.25) is 0 Å². The molecule has 0 saturated carbocycles. The summed E-state index contributed by atoms with van der Waals surface area (Å²) in [6, 6.07) is 8.12. The molecule has 0 aromatic heterocycles. The molecular weight excluding hydrogens is 358 g/mol. The first-order valence-electron chi connectivity index (χ1n) is 10.1. The zero-order valence-electron chi connectivity index (χ0n) is 16.8. The van der Waals surface area contributed by atoms with Gasteiger partial charge in [-0.15, -0.1) is 0 Å². The number of benzene rings is 1. The largest absolute Gasteiger partial charge is 0.445 e. The van der Waals surface area contributed by atoms with Crippen LogP contribution < -0.4 is 10.6 Å². The van der Waals surface area contributed by atoms with E-state index in [-0.39, 0.29) is 18.4 Å². The molecule has 154 valence electrons. The van der Waals surface area contributed by atoms with E-state index in [1.165, 1.54) is 0 Å². The van der Waals surface area contributed by atoms with E-state index in [1.54, 1.807) is 11.8 Å². The molecule has 7 nitrogen and oxygen atoms in total. The van der Waals surface area contributed by atoms with E-state index in [2.05, 4.69) is 17.6 Å². The van der Waals surface area contributed by atoms with Gasteiger partial charge in [0.2, 0.25) is 11.8 Å². The third-order valence-electron chi connectivity index (χ3n) is 4.84. The van der Waals surface area contributed by atoms with Crippen LogP contribution in [0.25, 0.3) is 0 Å². The Morgan fingerprint density at radius 1 is 1.21 bits per heavy atom. The van der Waals surface area contributed by atoms with Crippen LogP contribution >= 0.6 is 0 Å². The van der Waals surface area contributed by atoms with Crippen molar-refractivity contribution < 1.29 is 19.1 Å². The molecule has 1 aromatic carbocycles. The zero-order valence-corrected chi connectivity index (χ0v) is 16.8. The zero-order chi connectivity index (χ0) is 20.4. The molecular formula is C21H31N3O4. The summed E-state index contributed by atoms with van der Waals surface area (Å²) in [6.07, 6.45) is 3.88. The second-order valence-electron chi connectivity index (χ2n) is 7.12. The topological polar surface area (TPSA) is 87.7 Å². The van der Waals surface area contributed by atoms with Gasteiger partial charge in [0, 0.05) is 13.1 Å². The number of rotatable bonds is 9. The molecule has 0 spiro atoms. The van der Waals surface area contributed by atoms with Crippen molar-refractivity contribution in [1.29, 1.82) is 0 Å². The summed E-state index contributed by atoms with van der Waals surface area (Å²) in [6.45, 7) is 5.01. The van der Waals surface area contributed by atoms with Gasteiger partial charge in [-0.25, -0.2) is 4.79 Å². The maximum Gasteiger partial charge on any atom is 0.408 e. The van der Waals surface area contributed by atoms with Crippen LogP contribution in [-0.2, 0) is 20.9 Å². The maximum absolute atomic E-state index is 12.7. The molecule has 3 amide bonds. The number of likely N-dealkylation sites (tertiary alicyclic amines) is 1. The fourth-order valence-corrected chi connectivity index (χ4v) is 3.26. The fraction of sp³-hybridized carbons (Fsp3) is 0.571. The van der Waals surface area contributed by atoms with Crippen molar-refractivity contribution in [3.8, 4) is 0 Å². The predicted molar refractivity (Wildman–Crippen MR) is 106 cm³/mol. The SMILES string of the molecule is CCCCCNC(=O)[C@@H]1CCCN1C(=O)[C@H](C)NC(=O)OCc1ccccc1. The van der Waals surface area contributed by atoms with Gasteiger partial charge in [0.25, 0.3) is 0 Å². The second-order valence-corrected chi connectivity index (χ2v) is 7.12. The molecule has 0 bridgehead atoms. The van der Waals surface area contributed by atoms with Gasteiger partial charge in [-0.2, -0.15) is 0 Å². The van der Waals surface area contributed by atoms with Crippen LogP contribution in [0.15, 0.2) is 30.3 Å². The van der Waals surface area contributed by atoms with E-state index in [1.807, 2.05) is 30.3 Å². The molecule has 28 heavy (non-hydrogen) atoms. The van der Waals surface area contributed by atoms with E-state index in [4.69, 9.17) is 4.74 Å². The molecule has 1 aromatic rings. The average Bonchev–Trinajstić information content (AvgIpc) is 3.19. The van der Waals surface area contributed by atoms with Crippen molar-refractivity contribution in [1.82, 2.24) is 15.5 Å². The number of amides is 3. The van der Waals surface area contributed by atoms with Gasteiger partial charge < -0.3 is 20.3 Å². The molecule has 0 unspecified atom stereocenters. The minimum atomic E-state index is -0.753. The highest BCUT2D eigenvalue weighted by Gasteiger charge is 2.36. The summed E-state index contributed by atoms with van der Waals surface area (Å²) in [5.41, 5.74) is 0.871. The Balaban J connectivity index is 1.80. The van der Waals surface area contributed by atoms with Crippen LogP contribution in [0.4, 0.5) is 4.79 Å². The van der Waals surface area contributed by atoms with Gasteiger partial charge in [-0.1, -0.05) is 50.1 Å². The summed E-state index contributed by atoms with van der Waals surface area (Å²) in [5, 5.41) is 5.48. The van der Waals surface area contributed by atoms with Crippen LogP contribution in [0.1, 0.15) is 51.5 Å². The number of nitrogens with zero attached hydrogens (tertiary/aromatic N) is 1. The smallest absolute Gasteiger partial charge is 0.408 e. The summed E-state index contributed by atoms with van der Waals surface area (Å²) >= 11 is 0. The Labute approximate surface area is 166 Å². The molecule has 1 saturated heterocycles. The minimum Gasteiger partial charge on any atom is -0.445 e. The van der Waals surface area contributed by atoms with Crippen LogP contribution in [0.5, 0.6) is 0 Å². The lowest BCUT2D eigenvalue weighted by molar-refractivity contribution is -0.139. The number of ether oxygens (including phenoxy) is 1. The standard InChI is InChI=1S/C21H31N3O4/c1-3-4-8-13-22-19(25)18-12-9-14-24(18)20(26)16(2)23-21(27)28-15-17-10-6-5-7-11-17/h5-7,10-11,16,18H,3-4,8-9,12-15H2,1-2H3,(H,22,25)(H,23,27)/t16-,18-/m0/s1. The Bertz CT molecular complexity index is 650. The Hall–Kier alpha value is -2.57. The number of nitrogens with one attached hydrogen (secondary N) is 2. The molecule has 2 atom stereocenters. The third kappa shape index (κ3) is 6.55. The Morgan fingerprint density at radius 2 is 1.96 bits per heavy atom. The third-order valence-corrected chi connectivity index (χ3v) is 4.84. The van der Waals surface area contributed by atoms with Crippen molar-refractivity contribution in [3.05, 3.63) is 35.9 Å². The maximum atomic E-state index is 12.7. The first kappa shape index (κ1) is 21.7. The van der Waals surface area contributed by atoms with Gasteiger partial charge >= 0.3 is 6.09 Å². The van der Waals surface area contributed by atoms with Gasteiger partial charge in [-0.3, -0.25) is 9.59 Å². The highest BCUT2D eigenvalue weighted by atomic mass is 16.5. The molecule has 7 heteroatoms. The molecule has 1 aliphatic heterocycles. The second kappa shape index (κ2) is 11.3. The minimum absolute atomic E-state index is 0.110. The Morgan fingerprint density at radius 3 is 2.68 bits per heavy atom. The molecule has 2 rings (SSSR count). The van der Waals surface area contributed by atoms with E-state index in [0.29, 0.717) is 19.5 Å². The predicted octanol–water partition coefficient (Wildman–Crippen LogP) is 2.60. The summed E-state index contributed by atoms with van der Waals surface area (Å²) in [7, 11) is 0. The lowest BCUT2D eigenvalue weighted by Crippen LogP contribution is -2.52. The molecule has 0 radical (unpaired) electrons. The summed E-state index contributed by atoms with van der Waals surface area (Å²) < 4.78 is 5.16. The van der Waals surface area contributed by atoms with E-state index in [9.17, 15) is 14.4 Å². The average molecular weight is 389 g/mol. The number of carbonyl (C=O) groups excluding carboxylic acids is 3. The lowest BCUT2D eigenvalue weighted by Gasteiger charge is -2.27. The molecule has 0 aliphatic carbocycles. The summed E-state index contributed by atoms with van der Waals surface area (Å²) in [4.78, 5) is 38.7. The first-order valence-corrected chi connectivity index (χ1v) is 10.1. The van der Waals surface area contributed by atoms with Crippen molar-refractivity contribution >= 4 is 17.9 Å². The van der Waals surface area contributed by atoms with Crippen LogP contribution in [-0.4, -0.2) is 48.0 Å². The number of hydrogen-bond donors (Lipinski definition) is 2. The van der Waals surface area contributed by atoms with Crippen molar-refractivity contribution in [2.75, 3.05) is 13.1 Å². The monoisotopic (exact) mass is 389 g/mol. The normalized spacial score (nSPS) is 17.1. The number of unbranched alkanes of at least 4 members (excludes halogenated alkanes) is 2. The van der Waals surface area contributed by atoms with E-state index in [0.717, 1.165) is 31.2 Å².